The van der Waals surface area contributed by atoms with Crippen LogP contribution in [-0.2, 0) is 4.79 Å². The number of nitrogens with one attached hydrogen (secondary N) is 3. The van der Waals surface area contributed by atoms with Gasteiger partial charge < -0.3 is 30.3 Å². The van der Waals surface area contributed by atoms with Crippen molar-refractivity contribution < 1.29 is 23.9 Å². The van der Waals surface area contributed by atoms with E-state index in [1.807, 2.05) is 18.7 Å². The Kier molecular flexibility index (Phi) is 9.17. The number of hydrogen-bond acceptors (Lipinski definition) is 7. The van der Waals surface area contributed by atoms with Gasteiger partial charge in [0.25, 0.3) is 11.8 Å². The molecular weight excluding hydrogens is 486 g/mol. The van der Waals surface area contributed by atoms with Crippen molar-refractivity contribution in [3.8, 4) is 11.5 Å². The number of aryl methyl sites for hydroxylation is 2. The quantitative estimate of drug-likeness (QED) is 0.550. The van der Waals surface area contributed by atoms with Crippen LogP contribution in [0.5, 0.6) is 11.5 Å². The van der Waals surface area contributed by atoms with Gasteiger partial charge >= 0.3 is 0 Å². The number of ether oxygens (including phenoxy) is 2. The molecule has 1 aromatic heterocycles. The molecule has 1 fully saturated rings. The highest BCUT2D eigenvalue weighted by molar-refractivity contribution is 5.95. The van der Waals surface area contributed by atoms with Gasteiger partial charge in [-0.05, 0) is 63.4 Å². The molecule has 0 aliphatic carbocycles. The lowest BCUT2D eigenvalue weighted by atomic mass is 10.1. The van der Waals surface area contributed by atoms with E-state index in [0.29, 0.717) is 68.2 Å². The highest BCUT2D eigenvalue weighted by Gasteiger charge is 2.31. The molecule has 0 unspecified atom stereocenters. The summed E-state index contributed by atoms with van der Waals surface area (Å²) in [6.07, 6.45) is 2.39. The molecule has 2 aromatic rings. The molecule has 4 bridgehead atoms. The minimum absolute atomic E-state index is 0.0574. The molecule has 10 heteroatoms. The number of aromatic nitrogens is 1. The van der Waals surface area contributed by atoms with Crippen LogP contribution in [0.25, 0.3) is 0 Å². The first-order valence-corrected chi connectivity index (χ1v) is 13.2. The number of amides is 3. The first-order valence-electron chi connectivity index (χ1n) is 13.2. The molecule has 0 radical (unpaired) electrons. The Morgan fingerprint density at radius 2 is 1.76 bits per heavy atom. The van der Waals surface area contributed by atoms with Crippen LogP contribution in [0, 0.1) is 13.8 Å². The molecule has 3 heterocycles. The first-order chi connectivity index (χ1) is 18.3. The maximum atomic E-state index is 13.4. The zero-order valence-corrected chi connectivity index (χ0v) is 22.3. The zero-order valence-electron chi connectivity index (χ0n) is 22.3. The van der Waals surface area contributed by atoms with E-state index in [4.69, 9.17) is 9.47 Å². The molecule has 2 aliphatic heterocycles. The van der Waals surface area contributed by atoms with E-state index in [2.05, 4.69) is 20.9 Å². The number of carbonyl (C=O) groups is 3. The van der Waals surface area contributed by atoms with Crippen molar-refractivity contribution in [2.24, 2.45) is 0 Å². The third-order valence-electron chi connectivity index (χ3n) is 6.79. The highest BCUT2D eigenvalue weighted by atomic mass is 16.5. The van der Waals surface area contributed by atoms with Crippen LogP contribution >= 0.6 is 0 Å². The standard InChI is InChI=1S/C28H37N5O5/c1-18-13-21(14-19(2)32-18)28(36)33-11-5-4-9-30-27(35)23-16-22(17-31-23)38-25-15-20(7-8-24(25)37-3)26(34)29-10-6-12-33/h7-8,13-15,22-23,31H,4-6,9-12,16-17H2,1-3H3,(H,29,34)(H,30,35)/t22-,23-/m0/s1. The van der Waals surface area contributed by atoms with Crippen molar-refractivity contribution in [2.75, 3.05) is 39.8 Å². The molecule has 0 spiro atoms. The van der Waals surface area contributed by atoms with E-state index in [1.54, 1.807) is 37.4 Å². The van der Waals surface area contributed by atoms with Crippen LogP contribution in [0.4, 0.5) is 0 Å². The van der Waals surface area contributed by atoms with E-state index in [1.165, 1.54) is 0 Å². The average Bonchev–Trinajstić information content (AvgIpc) is 3.36. The number of carbonyl (C=O) groups excluding carboxylic acids is 3. The monoisotopic (exact) mass is 523 g/mol. The highest BCUT2D eigenvalue weighted by Crippen LogP contribution is 2.30. The largest absolute Gasteiger partial charge is 0.493 e. The summed E-state index contributed by atoms with van der Waals surface area (Å²) in [5.41, 5.74) is 2.66. The molecule has 2 atom stereocenters. The molecule has 2 aliphatic rings. The molecule has 1 aromatic carbocycles. The Morgan fingerprint density at radius 3 is 2.53 bits per heavy atom. The summed E-state index contributed by atoms with van der Waals surface area (Å²) in [6, 6.07) is 8.32. The number of fused-ring (bicyclic) bond motifs is 4. The molecule has 1 saturated heterocycles. The number of methoxy groups -OCH3 is 1. The number of nitrogens with zero attached hydrogens (tertiary/aromatic N) is 2. The third kappa shape index (κ3) is 7.00. The normalized spacial score (nSPS) is 21.3. The lowest BCUT2D eigenvalue weighted by Gasteiger charge is -2.23. The van der Waals surface area contributed by atoms with Crippen LogP contribution < -0.4 is 25.4 Å². The molecule has 4 rings (SSSR count). The molecule has 3 amide bonds. The lowest BCUT2D eigenvalue weighted by molar-refractivity contribution is -0.122. The SMILES string of the molecule is COc1ccc2cc1O[C@@H]1CN[C@@H](C1)C(=O)NCCCCN(C(=O)c1cc(C)nc(C)c1)CCCNC2=O. The Labute approximate surface area is 223 Å². The van der Waals surface area contributed by atoms with Crippen molar-refractivity contribution in [2.45, 2.75) is 51.7 Å². The second-order valence-electron chi connectivity index (χ2n) is 9.84. The lowest BCUT2D eigenvalue weighted by Crippen LogP contribution is -2.41. The topological polar surface area (TPSA) is 122 Å². The van der Waals surface area contributed by atoms with E-state index in [0.717, 1.165) is 24.2 Å². The van der Waals surface area contributed by atoms with Gasteiger partial charge in [0.15, 0.2) is 11.5 Å². The summed E-state index contributed by atoms with van der Waals surface area (Å²) in [5.74, 6) is 0.639. The van der Waals surface area contributed by atoms with Gasteiger partial charge in [0, 0.05) is 61.7 Å². The van der Waals surface area contributed by atoms with Crippen molar-refractivity contribution in [3.05, 3.63) is 52.8 Å². The van der Waals surface area contributed by atoms with Gasteiger partial charge in [-0.25, -0.2) is 0 Å². The Bertz CT molecular complexity index is 1150. The fraction of sp³-hybridized carbons (Fsp3) is 0.500. The summed E-state index contributed by atoms with van der Waals surface area (Å²) in [4.78, 5) is 45.1. The van der Waals surface area contributed by atoms with E-state index < -0.39 is 0 Å². The summed E-state index contributed by atoms with van der Waals surface area (Å²) in [6.45, 7) is 6.27. The van der Waals surface area contributed by atoms with Gasteiger partial charge in [-0.3, -0.25) is 19.4 Å². The van der Waals surface area contributed by atoms with Crippen molar-refractivity contribution in [1.29, 1.82) is 0 Å². The summed E-state index contributed by atoms with van der Waals surface area (Å²) in [7, 11) is 1.55. The second kappa shape index (κ2) is 12.7. The van der Waals surface area contributed by atoms with E-state index in [-0.39, 0.29) is 29.9 Å². The maximum absolute atomic E-state index is 13.4. The van der Waals surface area contributed by atoms with Crippen LogP contribution in [0.2, 0.25) is 0 Å². The Hall–Kier alpha value is -3.66. The summed E-state index contributed by atoms with van der Waals surface area (Å²) in [5, 5.41) is 9.17. The smallest absolute Gasteiger partial charge is 0.253 e. The predicted molar refractivity (Wildman–Crippen MR) is 143 cm³/mol. The van der Waals surface area contributed by atoms with Crippen molar-refractivity contribution in [1.82, 2.24) is 25.8 Å². The minimum Gasteiger partial charge on any atom is -0.493 e. The number of hydrogen-bond donors (Lipinski definition) is 3. The van der Waals surface area contributed by atoms with Gasteiger partial charge in [0.05, 0.1) is 13.2 Å². The Balaban J connectivity index is 1.50. The van der Waals surface area contributed by atoms with Crippen LogP contribution in [-0.4, -0.2) is 79.6 Å². The zero-order chi connectivity index (χ0) is 27.1. The maximum Gasteiger partial charge on any atom is 0.253 e. The average molecular weight is 524 g/mol. The second-order valence-corrected chi connectivity index (χ2v) is 9.84. The van der Waals surface area contributed by atoms with Crippen molar-refractivity contribution >= 4 is 17.7 Å². The minimum atomic E-state index is -0.351. The van der Waals surface area contributed by atoms with Gasteiger partial charge in [-0.15, -0.1) is 0 Å². The van der Waals surface area contributed by atoms with E-state index in [9.17, 15) is 14.4 Å². The molecule has 204 valence electrons. The molecule has 38 heavy (non-hydrogen) atoms. The number of pyridine rings is 1. The van der Waals surface area contributed by atoms with Crippen molar-refractivity contribution in [3.63, 3.8) is 0 Å². The molecule has 3 N–H and O–H groups in total. The van der Waals surface area contributed by atoms with Gasteiger partial charge in [0.1, 0.15) is 6.10 Å². The van der Waals surface area contributed by atoms with Gasteiger partial charge in [-0.1, -0.05) is 0 Å². The summed E-state index contributed by atoms with van der Waals surface area (Å²) < 4.78 is 11.6. The number of benzene rings is 1. The fourth-order valence-electron chi connectivity index (χ4n) is 4.87. The van der Waals surface area contributed by atoms with E-state index >= 15 is 0 Å². The summed E-state index contributed by atoms with van der Waals surface area (Å²) >= 11 is 0. The molecular formula is C28H37N5O5. The third-order valence-corrected chi connectivity index (χ3v) is 6.79. The van der Waals surface area contributed by atoms with Crippen LogP contribution in [0.3, 0.4) is 0 Å². The van der Waals surface area contributed by atoms with Crippen LogP contribution in [0.1, 0.15) is 57.8 Å². The fourth-order valence-corrected chi connectivity index (χ4v) is 4.87. The molecule has 10 nitrogen and oxygen atoms in total. The Morgan fingerprint density at radius 1 is 1.03 bits per heavy atom. The van der Waals surface area contributed by atoms with Gasteiger partial charge in [0.2, 0.25) is 5.91 Å². The molecule has 0 saturated carbocycles. The van der Waals surface area contributed by atoms with Crippen LogP contribution in [0.15, 0.2) is 30.3 Å². The first kappa shape index (κ1) is 27.4. The predicted octanol–water partition coefficient (Wildman–Crippen LogP) is 1.99. The number of rotatable bonds is 2. The van der Waals surface area contributed by atoms with Gasteiger partial charge in [-0.2, -0.15) is 0 Å².